The zero-order chi connectivity index (χ0) is 20.9. The van der Waals surface area contributed by atoms with Crippen molar-refractivity contribution in [3.05, 3.63) is 59.2 Å². The van der Waals surface area contributed by atoms with E-state index in [9.17, 15) is 9.59 Å². The number of aromatic carboxylic acids is 1. The van der Waals surface area contributed by atoms with E-state index in [0.717, 1.165) is 29.1 Å². The molecule has 6 rings (SSSR count). The summed E-state index contributed by atoms with van der Waals surface area (Å²) in [5.41, 5.74) is 1.92. The van der Waals surface area contributed by atoms with Crippen LogP contribution in [0.2, 0.25) is 0 Å². The molecule has 4 bridgehead atoms. The average Bonchev–Trinajstić information content (AvgIpc) is 2.72. The number of hydrogen-bond donors (Lipinski definition) is 1. The lowest BCUT2D eigenvalue weighted by Crippen LogP contribution is -2.48. The van der Waals surface area contributed by atoms with Crippen molar-refractivity contribution in [1.29, 1.82) is 0 Å². The van der Waals surface area contributed by atoms with Crippen LogP contribution in [0.15, 0.2) is 42.5 Å². The third kappa shape index (κ3) is 3.26. The van der Waals surface area contributed by atoms with Crippen molar-refractivity contribution in [2.45, 2.75) is 43.9 Å². The van der Waals surface area contributed by atoms with Gasteiger partial charge in [0.05, 0.1) is 18.2 Å². The van der Waals surface area contributed by atoms with Crippen LogP contribution in [-0.4, -0.2) is 24.2 Å². The van der Waals surface area contributed by atoms with Gasteiger partial charge in [-0.1, -0.05) is 0 Å². The molecule has 4 aliphatic rings. The van der Waals surface area contributed by atoms with Crippen LogP contribution in [0.1, 0.15) is 64.8 Å². The van der Waals surface area contributed by atoms with Gasteiger partial charge < -0.3 is 14.6 Å². The van der Waals surface area contributed by atoms with Gasteiger partial charge in [-0.15, -0.1) is 0 Å². The summed E-state index contributed by atoms with van der Waals surface area (Å²) in [7, 11) is 1.70. The molecule has 4 saturated carbocycles. The fourth-order valence-electron chi connectivity index (χ4n) is 6.52. The highest BCUT2D eigenvalue weighted by Crippen LogP contribution is 2.61. The Morgan fingerprint density at radius 2 is 1.47 bits per heavy atom. The second-order valence-corrected chi connectivity index (χ2v) is 9.33. The largest absolute Gasteiger partial charge is 0.496 e. The van der Waals surface area contributed by atoms with Crippen LogP contribution in [0.25, 0.3) is 0 Å². The Bertz CT molecular complexity index is 956. The molecule has 0 saturated heterocycles. The van der Waals surface area contributed by atoms with Crippen molar-refractivity contribution < 1.29 is 24.2 Å². The van der Waals surface area contributed by atoms with E-state index >= 15 is 0 Å². The van der Waals surface area contributed by atoms with E-state index in [4.69, 9.17) is 14.6 Å². The van der Waals surface area contributed by atoms with E-state index in [1.165, 1.54) is 62.8 Å². The lowest BCUT2D eigenvalue weighted by molar-refractivity contribution is -0.00618. The Morgan fingerprint density at radius 1 is 0.900 bits per heavy atom. The molecule has 5 heteroatoms. The first-order valence-corrected chi connectivity index (χ1v) is 10.7. The van der Waals surface area contributed by atoms with Crippen LogP contribution in [-0.2, 0) is 5.41 Å². The molecule has 0 heterocycles. The molecule has 2 aromatic rings. The maximum absolute atomic E-state index is 12.8. The van der Waals surface area contributed by atoms with E-state index in [-0.39, 0.29) is 11.0 Å². The van der Waals surface area contributed by atoms with Gasteiger partial charge in [0.2, 0.25) is 0 Å². The summed E-state index contributed by atoms with van der Waals surface area (Å²) in [5, 5.41) is 9.01. The van der Waals surface area contributed by atoms with Gasteiger partial charge in [0.25, 0.3) is 0 Å². The summed E-state index contributed by atoms with van der Waals surface area (Å²) in [6, 6.07) is 11.5. The van der Waals surface area contributed by atoms with Crippen molar-refractivity contribution >= 4 is 11.9 Å². The van der Waals surface area contributed by atoms with Crippen molar-refractivity contribution in [3.8, 4) is 11.5 Å². The molecule has 4 aliphatic carbocycles. The number of carboxylic acid groups (broad SMARTS) is 1. The smallest absolute Gasteiger partial charge is 0.343 e. The first-order valence-electron chi connectivity index (χ1n) is 10.7. The number of hydrogen-bond acceptors (Lipinski definition) is 4. The minimum absolute atomic E-state index is 0.111. The number of carboxylic acids is 1. The highest BCUT2D eigenvalue weighted by Gasteiger charge is 2.52. The highest BCUT2D eigenvalue weighted by molar-refractivity contribution is 5.92. The highest BCUT2D eigenvalue weighted by atomic mass is 16.5. The Kier molecular flexibility index (Phi) is 4.57. The summed E-state index contributed by atoms with van der Waals surface area (Å²) in [6.45, 7) is 0. The topological polar surface area (TPSA) is 72.8 Å². The number of benzene rings is 2. The maximum Gasteiger partial charge on any atom is 0.343 e. The van der Waals surface area contributed by atoms with E-state index in [1.54, 1.807) is 13.2 Å². The average molecular weight is 406 g/mol. The second-order valence-electron chi connectivity index (χ2n) is 9.33. The Hall–Kier alpha value is -2.82. The molecule has 5 nitrogen and oxygen atoms in total. The molecule has 0 unspecified atom stereocenters. The lowest BCUT2D eigenvalue weighted by atomic mass is 9.48. The second kappa shape index (κ2) is 7.15. The SMILES string of the molecule is COc1ccc(C(=O)Oc2ccc(C(=O)O)cc2)cc1C12CC3CC(CC(C3)C1)C2. The standard InChI is InChI=1S/C25H26O5/c1-29-22-7-4-19(24(28)30-20-5-2-18(3-6-20)23(26)27)11-21(22)25-12-15-8-16(13-25)10-17(9-15)14-25/h2-7,11,15-17H,8-10,12-14H2,1H3,(H,26,27). The van der Waals surface area contributed by atoms with E-state index in [0.29, 0.717) is 11.3 Å². The van der Waals surface area contributed by atoms with Gasteiger partial charge in [0.15, 0.2) is 0 Å². The normalized spacial score (nSPS) is 28.9. The van der Waals surface area contributed by atoms with Crippen LogP contribution in [0, 0.1) is 17.8 Å². The summed E-state index contributed by atoms with van der Waals surface area (Å²) in [4.78, 5) is 23.8. The molecule has 0 aliphatic heterocycles. The summed E-state index contributed by atoms with van der Waals surface area (Å²) in [5.74, 6) is 2.13. The third-order valence-corrected chi connectivity index (χ3v) is 7.36. The molecule has 0 spiro atoms. The molecular weight excluding hydrogens is 380 g/mol. The van der Waals surface area contributed by atoms with Gasteiger partial charge in [-0.25, -0.2) is 9.59 Å². The third-order valence-electron chi connectivity index (χ3n) is 7.36. The van der Waals surface area contributed by atoms with Crippen molar-refractivity contribution in [1.82, 2.24) is 0 Å². The number of methoxy groups -OCH3 is 1. The van der Waals surface area contributed by atoms with Crippen LogP contribution in [0.4, 0.5) is 0 Å². The van der Waals surface area contributed by atoms with Gasteiger partial charge in [-0.05, 0) is 104 Å². The minimum Gasteiger partial charge on any atom is -0.496 e. The first kappa shape index (κ1) is 19.2. The van der Waals surface area contributed by atoms with Gasteiger partial charge in [-0.3, -0.25) is 0 Å². The maximum atomic E-state index is 12.8. The van der Waals surface area contributed by atoms with E-state index in [2.05, 4.69) is 0 Å². The molecule has 4 fully saturated rings. The van der Waals surface area contributed by atoms with Crippen molar-refractivity contribution in [2.75, 3.05) is 7.11 Å². The minimum atomic E-state index is -1.01. The summed E-state index contributed by atoms with van der Waals surface area (Å²) >= 11 is 0. The summed E-state index contributed by atoms with van der Waals surface area (Å²) in [6.07, 6.45) is 7.63. The van der Waals surface area contributed by atoms with Crippen LogP contribution >= 0.6 is 0 Å². The summed E-state index contributed by atoms with van der Waals surface area (Å²) < 4.78 is 11.2. The number of esters is 1. The molecule has 0 radical (unpaired) electrons. The van der Waals surface area contributed by atoms with Crippen LogP contribution < -0.4 is 9.47 Å². The Labute approximate surface area is 176 Å². The van der Waals surface area contributed by atoms with Gasteiger partial charge in [-0.2, -0.15) is 0 Å². The predicted octanol–water partition coefficient (Wildman–Crippen LogP) is 5.08. The van der Waals surface area contributed by atoms with Gasteiger partial charge in [0.1, 0.15) is 11.5 Å². The molecular formula is C25H26O5. The monoisotopic (exact) mass is 406 g/mol. The molecule has 0 atom stereocenters. The molecule has 0 aromatic heterocycles. The quantitative estimate of drug-likeness (QED) is 0.554. The molecule has 0 amide bonds. The predicted molar refractivity (Wildman–Crippen MR) is 111 cm³/mol. The number of carbonyl (C=O) groups is 2. The zero-order valence-corrected chi connectivity index (χ0v) is 17.1. The Balaban J connectivity index is 1.43. The van der Waals surface area contributed by atoms with Gasteiger partial charge in [0, 0.05) is 5.56 Å². The molecule has 156 valence electrons. The lowest BCUT2D eigenvalue weighted by Gasteiger charge is -2.57. The fourth-order valence-corrected chi connectivity index (χ4v) is 6.52. The van der Waals surface area contributed by atoms with E-state index in [1.807, 2.05) is 12.1 Å². The first-order chi connectivity index (χ1) is 14.5. The van der Waals surface area contributed by atoms with Crippen molar-refractivity contribution in [3.63, 3.8) is 0 Å². The number of ether oxygens (including phenoxy) is 2. The van der Waals surface area contributed by atoms with Gasteiger partial charge >= 0.3 is 11.9 Å². The van der Waals surface area contributed by atoms with Crippen LogP contribution in [0.3, 0.4) is 0 Å². The Morgan fingerprint density at radius 3 is 2.00 bits per heavy atom. The van der Waals surface area contributed by atoms with Crippen molar-refractivity contribution in [2.24, 2.45) is 17.8 Å². The molecule has 1 N–H and O–H groups in total. The number of rotatable bonds is 5. The molecule has 2 aromatic carbocycles. The fraction of sp³-hybridized carbons (Fsp3) is 0.440. The molecule has 30 heavy (non-hydrogen) atoms. The van der Waals surface area contributed by atoms with E-state index < -0.39 is 11.9 Å². The zero-order valence-electron chi connectivity index (χ0n) is 17.1. The van der Waals surface area contributed by atoms with Crippen LogP contribution in [0.5, 0.6) is 11.5 Å². The number of carbonyl (C=O) groups excluding carboxylic acids is 1.